The van der Waals surface area contributed by atoms with Gasteiger partial charge in [-0.2, -0.15) is 0 Å². The van der Waals surface area contributed by atoms with E-state index in [1.165, 1.54) is 0 Å². The van der Waals surface area contributed by atoms with Crippen LogP contribution in [0.5, 0.6) is 0 Å². The molecule has 0 aliphatic carbocycles. The molecule has 0 atom stereocenters. The van der Waals surface area contributed by atoms with Gasteiger partial charge in [0.05, 0.1) is 6.42 Å². The van der Waals surface area contributed by atoms with E-state index in [1.807, 2.05) is 0 Å². The zero-order chi connectivity index (χ0) is 19.9. The van der Waals surface area contributed by atoms with E-state index in [-0.39, 0.29) is 0 Å². The summed E-state index contributed by atoms with van der Waals surface area (Å²) in [7, 11) is -5.80. The molecule has 0 radical (unpaired) electrons. The highest BCUT2D eigenvalue weighted by atomic mass is 28.5. The van der Waals surface area contributed by atoms with Crippen molar-refractivity contribution in [3.05, 3.63) is 0 Å². The average molecular weight is 408 g/mol. The van der Waals surface area contributed by atoms with Crippen LogP contribution in [0.2, 0.25) is 51.9 Å². The van der Waals surface area contributed by atoms with E-state index >= 15 is 0 Å². The number of aliphatic carboxylic acids is 1. The molecule has 0 aromatic heterocycles. The lowest BCUT2D eigenvalue weighted by molar-refractivity contribution is -0.140. The fraction of sp³-hybridized carbons (Fsp3) is 0.800. The van der Waals surface area contributed by atoms with E-state index in [4.69, 9.17) is 13.3 Å². The highest BCUT2D eigenvalue weighted by Gasteiger charge is 2.39. The standard InChI is InChI=1S/C15H33NO6Si3/c1-23(2,3)21-25(7,22-24(4,5)6)10-8-9-16-14(18)11-13(17)12-15(19)20/h8-12H2,1-7H3,(H,16,18)(H,19,20). The zero-order valence-corrected chi connectivity index (χ0v) is 19.5. The van der Waals surface area contributed by atoms with Gasteiger partial charge in [0.15, 0.2) is 22.4 Å². The molecule has 0 fully saturated rings. The third-order valence-electron chi connectivity index (χ3n) is 2.88. The third kappa shape index (κ3) is 14.1. The minimum Gasteiger partial charge on any atom is -0.481 e. The van der Waals surface area contributed by atoms with Crippen molar-refractivity contribution in [3.8, 4) is 0 Å². The molecule has 0 saturated heterocycles. The van der Waals surface area contributed by atoms with E-state index < -0.39 is 55.7 Å². The number of hydrogen-bond acceptors (Lipinski definition) is 5. The minimum absolute atomic E-state index is 0.391. The molecule has 0 saturated carbocycles. The van der Waals surface area contributed by atoms with Gasteiger partial charge in [-0.15, -0.1) is 0 Å². The van der Waals surface area contributed by atoms with Crippen LogP contribution in [-0.2, 0) is 22.6 Å². The highest BCUT2D eigenvalue weighted by Crippen LogP contribution is 2.25. The van der Waals surface area contributed by atoms with Gasteiger partial charge < -0.3 is 18.7 Å². The van der Waals surface area contributed by atoms with E-state index in [2.05, 4.69) is 51.1 Å². The Bertz CT molecular complexity index is 469. The van der Waals surface area contributed by atoms with Gasteiger partial charge in [-0.3, -0.25) is 14.4 Å². The van der Waals surface area contributed by atoms with Crippen molar-refractivity contribution in [2.45, 2.75) is 71.1 Å². The molecule has 0 bridgehead atoms. The molecule has 0 spiro atoms. The maximum atomic E-state index is 11.7. The lowest BCUT2D eigenvalue weighted by Crippen LogP contribution is -2.52. The van der Waals surface area contributed by atoms with Crippen LogP contribution in [0.25, 0.3) is 0 Å². The van der Waals surface area contributed by atoms with Gasteiger partial charge in [0.25, 0.3) is 0 Å². The normalized spacial score (nSPS) is 12.8. The Balaban J connectivity index is 4.45. The summed E-state index contributed by atoms with van der Waals surface area (Å²) in [6.45, 7) is 15.4. The van der Waals surface area contributed by atoms with Crippen molar-refractivity contribution in [3.63, 3.8) is 0 Å². The van der Waals surface area contributed by atoms with Crippen LogP contribution < -0.4 is 5.32 Å². The number of carbonyl (C=O) groups is 3. The number of nitrogens with one attached hydrogen (secondary N) is 1. The molecule has 10 heteroatoms. The molecule has 7 nitrogen and oxygen atoms in total. The van der Waals surface area contributed by atoms with Crippen LogP contribution in [0.15, 0.2) is 0 Å². The number of Topliss-reactive ketones (excluding diaryl/α,β-unsaturated/α-hetero) is 1. The van der Waals surface area contributed by atoms with Crippen molar-refractivity contribution in [2.75, 3.05) is 6.54 Å². The first kappa shape index (κ1) is 24.2. The number of hydrogen-bond donors (Lipinski definition) is 2. The third-order valence-corrected chi connectivity index (χ3v) is 12.5. The maximum absolute atomic E-state index is 11.7. The number of carboxylic acid groups (broad SMARTS) is 1. The quantitative estimate of drug-likeness (QED) is 0.293. The maximum Gasteiger partial charge on any atom is 0.314 e. The summed E-state index contributed by atoms with van der Waals surface area (Å²) in [5, 5.41) is 11.2. The van der Waals surface area contributed by atoms with E-state index in [0.717, 1.165) is 6.04 Å². The molecular formula is C15H33NO6Si3. The monoisotopic (exact) mass is 407 g/mol. The van der Waals surface area contributed by atoms with Gasteiger partial charge in [-0.25, -0.2) is 0 Å². The number of rotatable bonds is 12. The summed E-state index contributed by atoms with van der Waals surface area (Å²) in [4.78, 5) is 33.4. The summed E-state index contributed by atoms with van der Waals surface area (Å²) < 4.78 is 12.7. The Hall–Kier alpha value is -0.819. The van der Waals surface area contributed by atoms with Crippen molar-refractivity contribution in [2.24, 2.45) is 0 Å². The zero-order valence-electron chi connectivity index (χ0n) is 16.5. The first-order chi connectivity index (χ1) is 11.1. The number of carbonyl (C=O) groups excluding carboxylic acids is 2. The van der Waals surface area contributed by atoms with E-state index in [0.29, 0.717) is 13.0 Å². The fourth-order valence-corrected chi connectivity index (χ4v) is 15.1. The van der Waals surface area contributed by atoms with Gasteiger partial charge in [0, 0.05) is 6.54 Å². The molecule has 0 aliphatic rings. The Morgan fingerprint density at radius 2 is 1.36 bits per heavy atom. The first-order valence-electron chi connectivity index (χ1n) is 8.52. The first-order valence-corrected chi connectivity index (χ1v) is 17.9. The molecule has 25 heavy (non-hydrogen) atoms. The van der Waals surface area contributed by atoms with Crippen molar-refractivity contribution < 1.29 is 27.7 Å². The van der Waals surface area contributed by atoms with Crippen LogP contribution in [0, 0.1) is 0 Å². The Morgan fingerprint density at radius 3 is 1.76 bits per heavy atom. The second kappa shape index (κ2) is 9.76. The Morgan fingerprint density at radius 1 is 0.880 bits per heavy atom. The largest absolute Gasteiger partial charge is 0.481 e. The van der Waals surface area contributed by atoms with E-state index in [1.54, 1.807) is 0 Å². The fourth-order valence-electron chi connectivity index (χ4n) is 2.53. The topological polar surface area (TPSA) is 102 Å². The minimum atomic E-state index is -2.32. The van der Waals surface area contributed by atoms with Gasteiger partial charge in [0.1, 0.15) is 6.42 Å². The summed E-state index contributed by atoms with van der Waals surface area (Å²) in [5.74, 6) is -2.24. The van der Waals surface area contributed by atoms with Crippen LogP contribution in [-0.4, -0.2) is 54.5 Å². The van der Waals surface area contributed by atoms with Crippen molar-refractivity contribution in [1.29, 1.82) is 0 Å². The van der Waals surface area contributed by atoms with Crippen molar-refractivity contribution in [1.82, 2.24) is 5.32 Å². The molecular weight excluding hydrogens is 374 g/mol. The molecule has 0 aliphatic heterocycles. The van der Waals surface area contributed by atoms with Gasteiger partial charge >= 0.3 is 14.5 Å². The predicted molar refractivity (Wildman–Crippen MR) is 105 cm³/mol. The second-order valence-electron chi connectivity index (χ2n) is 8.30. The summed E-state index contributed by atoms with van der Waals surface area (Å²) in [6.07, 6.45) is -0.305. The Kier molecular flexibility index (Phi) is 9.44. The summed E-state index contributed by atoms with van der Waals surface area (Å²) in [5.41, 5.74) is 0. The van der Waals surface area contributed by atoms with Gasteiger partial charge in [0.2, 0.25) is 5.91 Å². The second-order valence-corrected chi connectivity index (χ2v) is 21.2. The number of ketones is 1. The smallest absolute Gasteiger partial charge is 0.314 e. The van der Waals surface area contributed by atoms with Gasteiger partial charge in [-0.1, -0.05) is 0 Å². The molecule has 146 valence electrons. The molecule has 0 rings (SSSR count). The van der Waals surface area contributed by atoms with Crippen LogP contribution in [0.3, 0.4) is 0 Å². The molecule has 0 aromatic carbocycles. The van der Waals surface area contributed by atoms with Crippen LogP contribution in [0.1, 0.15) is 19.3 Å². The molecule has 0 heterocycles. The number of amides is 1. The molecule has 0 aromatic rings. The molecule has 1 amide bonds. The van der Waals surface area contributed by atoms with Crippen LogP contribution in [0.4, 0.5) is 0 Å². The van der Waals surface area contributed by atoms with Crippen molar-refractivity contribution >= 4 is 42.9 Å². The van der Waals surface area contributed by atoms with E-state index in [9.17, 15) is 14.4 Å². The average Bonchev–Trinajstić information content (AvgIpc) is 2.28. The summed E-state index contributed by atoms with van der Waals surface area (Å²) >= 11 is 0. The highest BCUT2D eigenvalue weighted by molar-refractivity contribution is 6.87. The van der Waals surface area contributed by atoms with Crippen LogP contribution >= 0.6 is 0 Å². The Labute approximate surface area is 154 Å². The predicted octanol–water partition coefficient (Wildman–Crippen LogP) is 2.70. The lowest BCUT2D eigenvalue weighted by atomic mass is 10.2. The molecule has 0 unspecified atom stereocenters. The number of carboxylic acids is 1. The lowest BCUT2D eigenvalue weighted by Gasteiger charge is -2.38. The molecule has 2 N–H and O–H groups in total. The van der Waals surface area contributed by atoms with Gasteiger partial charge in [-0.05, 0) is 58.3 Å². The summed E-state index contributed by atoms with van der Waals surface area (Å²) in [6, 6.07) is 0.769. The SMILES string of the molecule is C[Si](C)(C)O[Si](C)(CCCNC(=O)CC(=O)CC(=O)O)O[Si](C)(C)C.